The second-order valence-electron chi connectivity index (χ2n) is 11.5. The number of Topliss-reactive ketones (excluding diaryl/α,β-unsaturated/α-hetero) is 1. The van der Waals surface area contributed by atoms with E-state index in [-0.39, 0.29) is 30.3 Å². The molecule has 0 bridgehead atoms. The second kappa shape index (κ2) is 11.9. The van der Waals surface area contributed by atoms with Gasteiger partial charge in [-0.25, -0.2) is 4.98 Å². The van der Waals surface area contributed by atoms with Gasteiger partial charge in [0.1, 0.15) is 11.4 Å². The zero-order valence-corrected chi connectivity index (χ0v) is 25.7. The van der Waals surface area contributed by atoms with Gasteiger partial charge < -0.3 is 14.0 Å². The van der Waals surface area contributed by atoms with Gasteiger partial charge >= 0.3 is 5.97 Å². The summed E-state index contributed by atoms with van der Waals surface area (Å²) >= 11 is 13.9. The number of fused-ring (bicyclic) bond motifs is 1. The Morgan fingerprint density at radius 1 is 1.10 bits per heavy atom. The lowest BCUT2D eigenvalue weighted by atomic mass is 9.76. The van der Waals surface area contributed by atoms with Crippen LogP contribution in [0.5, 0.6) is 5.75 Å². The molecule has 1 aromatic heterocycles. The highest BCUT2D eigenvalue weighted by Gasteiger charge is 2.52. The number of carbonyl (C=O) groups is 2. The molecule has 214 valence electrons. The molecular formula is C31H36Cl2N2O4S. The Labute approximate surface area is 250 Å². The highest BCUT2D eigenvalue weighted by molar-refractivity contribution is 8.01. The van der Waals surface area contributed by atoms with Crippen LogP contribution in [-0.4, -0.2) is 38.3 Å². The first-order chi connectivity index (χ1) is 19.1. The quantitative estimate of drug-likeness (QED) is 0.181. The van der Waals surface area contributed by atoms with E-state index in [4.69, 9.17) is 37.7 Å². The van der Waals surface area contributed by atoms with Crippen LogP contribution in [0.3, 0.4) is 0 Å². The monoisotopic (exact) mass is 602 g/mol. The number of aryl methyl sites for hydroxylation is 1. The first kappa shape index (κ1) is 29.3. The van der Waals surface area contributed by atoms with Gasteiger partial charge in [0.05, 0.1) is 22.2 Å². The van der Waals surface area contributed by atoms with E-state index in [1.807, 2.05) is 48.7 Å². The van der Waals surface area contributed by atoms with E-state index in [9.17, 15) is 9.59 Å². The highest BCUT2D eigenvalue weighted by Crippen LogP contribution is 2.46. The second-order valence-corrected chi connectivity index (χ2v) is 13.4. The van der Waals surface area contributed by atoms with Crippen LogP contribution >= 0.6 is 35.0 Å². The molecule has 1 aliphatic carbocycles. The molecule has 5 rings (SSSR count). The first-order valence-corrected chi connectivity index (χ1v) is 15.7. The number of ether oxygens (including phenoxy) is 2. The number of thioether (sulfide) groups is 1. The minimum Gasteiger partial charge on any atom is -0.489 e. The molecule has 1 aliphatic heterocycles. The van der Waals surface area contributed by atoms with Crippen LogP contribution < -0.4 is 4.74 Å². The molecule has 1 saturated carbocycles. The van der Waals surface area contributed by atoms with Crippen LogP contribution in [0.15, 0.2) is 41.6 Å². The number of ketones is 1. The van der Waals surface area contributed by atoms with E-state index < -0.39 is 16.8 Å². The van der Waals surface area contributed by atoms with Crippen molar-refractivity contribution in [3.8, 4) is 5.75 Å². The van der Waals surface area contributed by atoms with Crippen molar-refractivity contribution < 1.29 is 19.1 Å². The fourth-order valence-corrected chi connectivity index (χ4v) is 7.65. The minimum absolute atomic E-state index is 0.0299. The van der Waals surface area contributed by atoms with E-state index in [2.05, 4.69) is 13.8 Å². The Morgan fingerprint density at radius 3 is 2.50 bits per heavy atom. The molecule has 3 aromatic rings. The van der Waals surface area contributed by atoms with Crippen molar-refractivity contribution in [2.75, 3.05) is 0 Å². The topological polar surface area (TPSA) is 70.4 Å². The number of esters is 1. The molecule has 2 heterocycles. The maximum Gasteiger partial charge on any atom is 0.327 e. The van der Waals surface area contributed by atoms with Gasteiger partial charge in [-0.15, -0.1) is 0 Å². The van der Waals surface area contributed by atoms with Crippen LogP contribution in [0.2, 0.25) is 10.0 Å². The van der Waals surface area contributed by atoms with Gasteiger partial charge in [0.25, 0.3) is 0 Å². The van der Waals surface area contributed by atoms with Crippen LogP contribution in [0, 0.1) is 5.92 Å². The molecular weight excluding hydrogens is 567 g/mol. The number of carbonyl (C=O) groups excluding carboxylic acids is 2. The number of hydrogen-bond acceptors (Lipinski definition) is 6. The SMILES string of the molecule is CC(C)Oc1ccc(CCC2(C3CCCC3)CC(=O)C(Sc3nc4cc(Cl)ccc4n3C(C)C)C(=O)O2)cc1Cl. The molecule has 9 heteroatoms. The van der Waals surface area contributed by atoms with Crippen molar-refractivity contribution in [2.45, 2.75) is 101 Å². The molecule has 2 fully saturated rings. The zero-order chi connectivity index (χ0) is 28.6. The highest BCUT2D eigenvalue weighted by atomic mass is 35.5. The van der Waals surface area contributed by atoms with Crippen LogP contribution in [0.1, 0.15) is 77.8 Å². The summed E-state index contributed by atoms with van der Waals surface area (Å²) in [4.78, 5) is 32.1. The largest absolute Gasteiger partial charge is 0.489 e. The van der Waals surface area contributed by atoms with Gasteiger partial charge in [0.15, 0.2) is 16.2 Å². The van der Waals surface area contributed by atoms with Gasteiger partial charge in [-0.3, -0.25) is 9.59 Å². The van der Waals surface area contributed by atoms with Gasteiger partial charge in [-0.05, 0) is 95.2 Å². The summed E-state index contributed by atoms with van der Waals surface area (Å²) in [5, 5.41) is 0.828. The predicted molar refractivity (Wildman–Crippen MR) is 161 cm³/mol. The van der Waals surface area contributed by atoms with Gasteiger partial charge in [-0.1, -0.05) is 53.9 Å². The van der Waals surface area contributed by atoms with Crippen LogP contribution in [0.4, 0.5) is 0 Å². The molecule has 0 spiro atoms. The lowest BCUT2D eigenvalue weighted by Crippen LogP contribution is -2.53. The number of imidazole rings is 1. The van der Waals surface area contributed by atoms with Crippen molar-refractivity contribution in [1.82, 2.24) is 9.55 Å². The van der Waals surface area contributed by atoms with E-state index in [1.165, 1.54) is 11.8 Å². The standard InChI is InChI=1S/C31H36Cl2N2O4S/c1-18(2)35-25-11-10-22(32)16-24(25)34-30(35)40-28-26(36)17-31(39-29(28)37,21-7-5-6-8-21)14-13-20-9-12-27(23(33)15-20)38-19(3)4/h9-12,15-16,18-19,21,28H,5-8,13-14,17H2,1-4H3. The number of aromatic nitrogens is 2. The molecule has 1 saturated heterocycles. The van der Waals surface area contributed by atoms with Gasteiger partial charge in [0, 0.05) is 17.5 Å². The third-order valence-electron chi connectivity index (χ3n) is 7.94. The maximum atomic E-state index is 13.7. The summed E-state index contributed by atoms with van der Waals surface area (Å²) < 4.78 is 14.2. The number of hydrogen-bond donors (Lipinski definition) is 0. The molecule has 0 amide bonds. The number of benzene rings is 2. The zero-order valence-electron chi connectivity index (χ0n) is 23.4. The Bertz CT molecular complexity index is 1400. The molecule has 2 aliphatic rings. The third-order valence-corrected chi connectivity index (χ3v) is 9.66. The summed E-state index contributed by atoms with van der Waals surface area (Å²) in [5.41, 5.74) is 1.89. The van der Waals surface area contributed by atoms with Gasteiger partial charge in [0.2, 0.25) is 0 Å². The first-order valence-electron chi connectivity index (χ1n) is 14.1. The lowest BCUT2D eigenvalue weighted by molar-refractivity contribution is -0.177. The third kappa shape index (κ3) is 6.02. The Hall–Kier alpha value is -2.22. The van der Waals surface area contributed by atoms with Crippen molar-refractivity contribution in [3.63, 3.8) is 0 Å². The number of nitrogens with zero attached hydrogens (tertiary/aromatic N) is 2. The normalized spacial score (nSPS) is 22.1. The summed E-state index contributed by atoms with van der Waals surface area (Å²) in [7, 11) is 0. The molecule has 0 radical (unpaired) electrons. The smallest absolute Gasteiger partial charge is 0.327 e. The van der Waals surface area contributed by atoms with Crippen LogP contribution in [0.25, 0.3) is 11.0 Å². The molecule has 40 heavy (non-hydrogen) atoms. The van der Waals surface area contributed by atoms with Crippen molar-refractivity contribution in [2.24, 2.45) is 5.92 Å². The van der Waals surface area contributed by atoms with E-state index in [1.54, 1.807) is 6.07 Å². The summed E-state index contributed by atoms with van der Waals surface area (Å²) in [5.74, 6) is 0.270. The predicted octanol–water partition coefficient (Wildman–Crippen LogP) is 8.25. The molecule has 2 aromatic carbocycles. The maximum absolute atomic E-state index is 13.7. The van der Waals surface area contributed by atoms with Crippen LogP contribution in [-0.2, 0) is 20.7 Å². The number of halogens is 2. The fraction of sp³-hybridized carbons (Fsp3) is 0.516. The van der Waals surface area contributed by atoms with Crippen molar-refractivity contribution in [3.05, 3.63) is 52.0 Å². The Balaban J connectivity index is 1.37. The molecule has 6 nitrogen and oxygen atoms in total. The lowest BCUT2D eigenvalue weighted by Gasteiger charge is -2.42. The summed E-state index contributed by atoms with van der Waals surface area (Å²) in [6.45, 7) is 8.03. The van der Waals surface area contributed by atoms with E-state index in [0.717, 1.165) is 42.3 Å². The molecule has 2 unspecified atom stereocenters. The number of cyclic esters (lactones) is 1. The van der Waals surface area contributed by atoms with E-state index >= 15 is 0 Å². The fourth-order valence-electron chi connectivity index (χ4n) is 6.09. The number of rotatable bonds is 9. The minimum atomic E-state index is -0.943. The molecule has 0 N–H and O–H groups in total. The van der Waals surface area contributed by atoms with Crippen molar-refractivity contribution >= 4 is 57.7 Å². The van der Waals surface area contributed by atoms with Crippen molar-refractivity contribution in [1.29, 1.82) is 0 Å². The Morgan fingerprint density at radius 2 is 1.85 bits per heavy atom. The molecule has 2 atom stereocenters. The van der Waals surface area contributed by atoms with Gasteiger partial charge in [-0.2, -0.15) is 0 Å². The summed E-state index contributed by atoms with van der Waals surface area (Å²) in [6, 6.07) is 11.4. The average molecular weight is 604 g/mol. The Kier molecular flexibility index (Phi) is 8.74. The van der Waals surface area contributed by atoms with E-state index in [0.29, 0.717) is 33.8 Å². The summed E-state index contributed by atoms with van der Waals surface area (Å²) in [6.07, 6.45) is 5.58. The average Bonchev–Trinajstić information content (AvgIpc) is 3.54.